The summed E-state index contributed by atoms with van der Waals surface area (Å²) < 4.78 is 13.6. The highest BCUT2D eigenvalue weighted by Gasteiger charge is 2.43. The highest BCUT2D eigenvalue weighted by Crippen LogP contribution is 2.40. The van der Waals surface area contributed by atoms with E-state index in [-0.39, 0.29) is 36.1 Å². The van der Waals surface area contributed by atoms with Crippen LogP contribution in [0.25, 0.3) is 0 Å². The molecule has 0 aliphatic carbocycles. The summed E-state index contributed by atoms with van der Waals surface area (Å²) in [6.45, 7) is 4.56. The second-order valence-corrected chi connectivity index (χ2v) is 11.0. The number of hydrogen-bond donors (Lipinski definition) is 1. The molecule has 216 valence electrons. The summed E-state index contributed by atoms with van der Waals surface area (Å²) in [4.78, 5) is 30.6. The van der Waals surface area contributed by atoms with E-state index < -0.39 is 0 Å². The van der Waals surface area contributed by atoms with E-state index in [0.717, 1.165) is 42.5 Å². The zero-order valence-electron chi connectivity index (χ0n) is 23.9. The second-order valence-electron chi connectivity index (χ2n) is 11.0. The van der Waals surface area contributed by atoms with Gasteiger partial charge in [0.1, 0.15) is 24.8 Å². The predicted octanol–water partition coefficient (Wildman–Crippen LogP) is 4.04. The lowest BCUT2D eigenvalue weighted by Crippen LogP contribution is -2.45. The monoisotopic (exact) mass is 558 g/mol. The Morgan fingerprint density at radius 2 is 2.07 bits per heavy atom. The number of benzene rings is 2. The zero-order chi connectivity index (χ0) is 28.8. The van der Waals surface area contributed by atoms with Gasteiger partial charge in [-0.1, -0.05) is 37.6 Å². The van der Waals surface area contributed by atoms with Crippen molar-refractivity contribution in [3.63, 3.8) is 0 Å². The molecule has 0 unspecified atom stereocenters. The second kappa shape index (κ2) is 13.2. The van der Waals surface area contributed by atoms with Crippen molar-refractivity contribution in [1.82, 2.24) is 4.90 Å². The Labute approximate surface area is 242 Å². The van der Waals surface area contributed by atoms with Crippen molar-refractivity contribution in [2.24, 2.45) is 13.0 Å². The number of hydrogen-bond acceptors (Lipinski definition) is 6. The third-order valence-corrected chi connectivity index (χ3v) is 8.25. The number of aldehydes is 1. The minimum Gasteiger partial charge on any atom is -0.504 e. The van der Waals surface area contributed by atoms with E-state index >= 15 is 0 Å². The van der Waals surface area contributed by atoms with E-state index in [4.69, 9.17) is 9.47 Å². The molecule has 1 amide bonds. The Morgan fingerprint density at radius 1 is 1.22 bits per heavy atom. The molecule has 0 radical (unpaired) electrons. The maximum absolute atomic E-state index is 13.9. The SMILES string of the molecule is CCCCN(C(=O)CN1C[C@H](c2ccc3c(c2)CCO3)[C@@H](C=O)[C@@H]1CCOc1ccccc1O)c1ccc[n+](C)c1. The number of carbonyl (C=O) groups excluding carboxylic acids is 2. The zero-order valence-corrected chi connectivity index (χ0v) is 23.9. The molecule has 3 aromatic rings. The van der Waals surface area contributed by atoms with Gasteiger partial charge < -0.3 is 24.3 Å². The molecule has 1 aromatic heterocycles. The molecule has 3 atom stereocenters. The number of para-hydroxylation sites is 2. The highest BCUT2D eigenvalue weighted by molar-refractivity contribution is 5.94. The summed E-state index contributed by atoms with van der Waals surface area (Å²) in [6.07, 6.45) is 8.27. The smallest absolute Gasteiger partial charge is 0.241 e. The predicted molar refractivity (Wildman–Crippen MR) is 156 cm³/mol. The third-order valence-electron chi connectivity index (χ3n) is 8.25. The van der Waals surface area contributed by atoms with E-state index in [0.29, 0.717) is 38.5 Å². The number of rotatable bonds is 12. The van der Waals surface area contributed by atoms with Gasteiger partial charge in [0, 0.05) is 43.5 Å². The number of amides is 1. The van der Waals surface area contributed by atoms with Gasteiger partial charge in [-0.2, -0.15) is 0 Å². The van der Waals surface area contributed by atoms with Gasteiger partial charge in [-0.05, 0) is 48.2 Å². The molecule has 1 fully saturated rings. The first-order valence-corrected chi connectivity index (χ1v) is 14.6. The molecular weight excluding hydrogens is 518 g/mol. The van der Waals surface area contributed by atoms with E-state index in [1.54, 1.807) is 18.2 Å². The Morgan fingerprint density at radius 3 is 2.85 bits per heavy atom. The van der Waals surface area contributed by atoms with Crippen molar-refractivity contribution in [3.8, 4) is 17.2 Å². The summed E-state index contributed by atoms with van der Waals surface area (Å²) in [5, 5.41) is 10.1. The molecule has 0 saturated carbocycles. The van der Waals surface area contributed by atoms with E-state index in [9.17, 15) is 14.7 Å². The number of phenols is 1. The van der Waals surface area contributed by atoms with Gasteiger partial charge in [-0.3, -0.25) is 9.69 Å². The van der Waals surface area contributed by atoms with Crippen LogP contribution in [0.4, 0.5) is 5.69 Å². The molecular formula is C33H40N3O5+. The molecule has 41 heavy (non-hydrogen) atoms. The van der Waals surface area contributed by atoms with Crippen LogP contribution in [0.5, 0.6) is 17.2 Å². The molecule has 0 spiro atoms. The first-order valence-electron chi connectivity index (χ1n) is 14.6. The first kappa shape index (κ1) is 28.6. The number of aryl methyl sites for hydroxylation is 1. The summed E-state index contributed by atoms with van der Waals surface area (Å²) in [6, 6.07) is 16.8. The standard InChI is InChI=1S/C33H39N3O5/c1-3-4-16-36(26-8-7-15-34(2)20-26)33(39)22-35-21-27(24-11-12-31-25(19-24)13-17-40-31)28(23-37)29(35)14-18-41-32-10-6-5-9-30(32)38/h5-12,15,19-20,23,27-29H,3-4,13-14,16-18,21-22H2,1-2H3/p+1/t27-,28-,29+/m1/s1. The van der Waals surface area contributed by atoms with Gasteiger partial charge in [-0.15, -0.1) is 0 Å². The van der Waals surface area contributed by atoms with Gasteiger partial charge in [-0.25, -0.2) is 4.57 Å². The van der Waals surface area contributed by atoms with Crippen LogP contribution in [-0.2, 0) is 23.1 Å². The topological polar surface area (TPSA) is 83.2 Å². The molecule has 5 rings (SSSR count). The van der Waals surface area contributed by atoms with E-state index in [2.05, 4.69) is 24.0 Å². The van der Waals surface area contributed by atoms with Crippen LogP contribution in [0.15, 0.2) is 67.0 Å². The molecule has 1 N–H and O–H groups in total. The molecule has 1 saturated heterocycles. The van der Waals surface area contributed by atoms with Crippen LogP contribution in [0, 0.1) is 5.92 Å². The fourth-order valence-corrected chi connectivity index (χ4v) is 6.10. The molecule has 2 aliphatic rings. The first-order chi connectivity index (χ1) is 20.0. The molecule has 8 nitrogen and oxygen atoms in total. The van der Waals surface area contributed by atoms with Crippen LogP contribution < -0.4 is 18.9 Å². The number of phenolic OH excluding ortho intramolecular Hbond substituents is 1. The van der Waals surface area contributed by atoms with Crippen LogP contribution in [-0.4, -0.2) is 61.1 Å². The van der Waals surface area contributed by atoms with Crippen LogP contribution in [0.3, 0.4) is 0 Å². The number of aromatic nitrogens is 1. The van der Waals surface area contributed by atoms with Gasteiger partial charge in [0.2, 0.25) is 5.91 Å². The number of aromatic hydroxyl groups is 1. The minimum atomic E-state index is -0.297. The third kappa shape index (κ3) is 6.54. The number of pyridine rings is 1. The lowest BCUT2D eigenvalue weighted by molar-refractivity contribution is -0.670. The maximum Gasteiger partial charge on any atom is 0.241 e. The van der Waals surface area contributed by atoms with Crippen molar-refractivity contribution in [3.05, 3.63) is 78.1 Å². The number of ether oxygens (including phenoxy) is 2. The number of nitrogens with zero attached hydrogens (tertiary/aromatic N) is 3. The number of carbonyl (C=O) groups is 2. The van der Waals surface area contributed by atoms with Crippen molar-refractivity contribution in [2.45, 2.75) is 44.6 Å². The van der Waals surface area contributed by atoms with E-state index in [1.165, 1.54) is 5.56 Å². The van der Waals surface area contributed by atoms with Gasteiger partial charge in [0.05, 0.1) is 19.8 Å². The molecule has 2 aliphatic heterocycles. The Balaban J connectivity index is 1.39. The van der Waals surface area contributed by atoms with Gasteiger partial charge in [0.25, 0.3) is 0 Å². The van der Waals surface area contributed by atoms with Crippen molar-refractivity contribution in [2.75, 3.05) is 37.7 Å². The average molecular weight is 559 g/mol. The Kier molecular flexibility index (Phi) is 9.19. The fraction of sp³-hybridized carbons (Fsp3) is 0.424. The van der Waals surface area contributed by atoms with Crippen molar-refractivity contribution >= 4 is 17.9 Å². The van der Waals surface area contributed by atoms with E-state index in [1.807, 2.05) is 53.2 Å². The number of unbranched alkanes of at least 4 members (excludes halogenated alkanes) is 1. The lowest BCUT2D eigenvalue weighted by atomic mass is 9.84. The fourth-order valence-electron chi connectivity index (χ4n) is 6.10. The van der Waals surface area contributed by atoms with Crippen LogP contribution in [0.2, 0.25) is 0 Å². The Bertz CT molecular complexity index is 1360. The lowest BCUT2D eigenvalue weighted by Gasteiger charge is -2.29. The quantitative estimate of drug-likeness (QED) is 0.267. The summed E-state index contributed by atoms with van der Waals surface area (Å²) in [5.74, 6) is 1.09. The summed E-state index contributed by atoms with van der Waals surface area (Å²) in [7, 11) is 1.95. The molecule has 8 heteroatoms. The average Bonchev–Trinajstić information content (AvgIpc) is 3.58. The minimum absolute atomic E-state index is 0.0175. The number of fused-ring (bicyclic) bond motifs is 1. The number of anilines is 1. The highest BCUT2D eigenvalue weighted by atomic mass is 16.5. The van der Waals surface area contributed by atoms with Gasteiger partial charge in [0.15, 0.2) is 23.9 Å². The van der Waals surface area contributed by atoms with Crippen LogP contribution >= 0.6 is 0 Å². The summed E-state index contributed by atoms with van der Waals surface area (Å²) >= 11 is 0. The normalized spacial score (nSPS) is 19.9. The number of likely N-dealkylation sites (tertiary alicyclic amines) is 1. The van der Waals surface area contributed by atoms with Crippen molar-refractivity contribution in [1.29, 1.82) is 0 Å². The van der Waals surface area contributed by atoms with Crippen LogP contribution in [0.1, 0.15) is 43.2 Å². The molecule has 0 bridgehead atoms. The van der Waals surface area contributed by atoms with Crippen molar-refractivity contribution < 1.29 is 28.7 Å². The molecule has 2 aromatic carbocycles. The maximum atomic E-state index is 13.9. The summed E-state index contributed by atoms with van der Waals surface area (Å²) in [5.41, 5.74) is 3.14. The van der Waals surface area contributed by atoms with Gasteiger partial charge >= 0.3 is 0 Å². The largest absolute Gasteiger partial charge is 0.504 e. The molecule has 3 heterocycles. The Hall–Kier alpha value is -3.91.